The molecule has 6 rings (SSSR count). The van der Waals surface area contributed by atoms with Crippen LogP contribution in [0.4, 0.5) is 0 Å². The molecule has 0 spiro atoms. The van der Waals surface area contributed by atoms with Crippen LogP contribution < -0.4 is 0 Å². The first-order valence-corrected chi connectivity index (χ1v) is 28.9. The normalized spacial score (nSPS) is 33.0. The zero-order chi connectivity index (χ0) is 49.7. The lowest BCUT2D eigenvalue weighted by atomic mass is 9.73. The predicted octanol–water partition coefficient (Wildman–Crippen LogP) is 19.5. The summed E-state index contributed by atoms with van der Waals surface area (Å²) in [6, 6.07) is 0. The highest BCUT2D eigenvalue weighted by Gasteiger charge is 2.27. The molecular formula is C67H110. The van der Waals surface area contributed by atoms with Gasteiger partial charge in [-0.15, -0.1) is 59.2 Å². The van der Waals surface area contributed by atoms with E-state index in [1.165, 1.54) is 173 Å². The second-order valence-corrected chi connectivity index (χ2v) is 22.9. The van der Waals surface area contributed by atoms with Gasteiger partial charge in [-0.1, -0.05) is 151 Å². The number of hydrogen-bond acceptors (Lipinski definition) is 0. The Morgan fingerprint density at radius 2 is 0.657 bits per heavy atom. The van der Waals surface area contributed by atoms with Gasteiger partial charge in [0.25, 0.3) is 0 Å². The van der Waals surface area contributed by atoms with Gasteiger partial charge in [-0.25, -0.2) is 0 Å². The molecule has 6 aliphatic carbocycles. The predicted molar refractivity (Wildman–Crippen MR) is 300 cm³/mol. The molecule has 6 saturated carbocycles. The van der Waals surface area contributed by atoms with E-state index in [1.807, 2.05) is 41.5 Å². The minimum atomic E-state index is 0.684. The third kappa shape index (κ3) is 31.3. The quantitative estimate of drug-likeness (QED) is 0.195. The molecule has 0 aliphatic heterocycles. The molecule has 6 aliphatic rings. The molecule has 0 N–H and O–H groups in total. The fourth-order valence-corrected chi connectivity index (χ4v) is 11.9. The van der Waals surface area contributed by atoms with Gasteiger partial charge in [0.1, 0.15) is 0 Å². The van der Waals surface area contributed by atoms with Crippen molar-refractivity contribution in [1.29, 1.82) is 0 Å². The van der Waals surface area contributed by atoms with Gasteiger partial charge in [0.15, 0.2) is 0 Å². The van der Waals surface area contributed by atoms with Crippen molar-refractivity contribution in [2.75, 3.05) is 0 Å². The van der Waals surface area contributed by atoms with Crippen molar-refractivity contribution in [2.45, 2.75) is 270 Å². The summed E-state index contributed by atoms with van der Waals surface area (Å²) in [6.45, 7) is 30.4. The fourth-order valence-electron chi connectivity index (χ4n) is 11.9. The Bertz CT molecular complexity index is 1620. The van der Waals surface area contributed by atoms with Crippen molar-refractivity contribution in [1.82, 2.24) is 0 Å². The lowest BCUT2D eigenvalue weighted by molar-refractivity contribution is 0.220. The molecule has 14 unspecified atom stereocenters. The van der Waals surface area contributed by atoms with E-state index in [-0.39, 0.29) is 0 Å². The van der Waals surface area contributed by atoms with Gasteiger partial charge in [-0.3, -0.25) is 0 Å². The lowest BCUT2D eigenvalue weighted by Gasteiger charge is -2.31. The summed E-state index contributed by atoms with van der Waals surface area (Å²) in [6.07, 6.45) is 37.2. The van der Waals surface area contributed by atoms with Crippen LogP contribution in [0.3, 0.4) is 0 Å². The van der Waals surface area contributed by atoms with Crippen LogP contribution in [0.15, 0.2) is 0 Å². The molecule has 0 saturated heterocycles. The maximum atomic E-state index is 3.42. The Balaban J connectivity index is 0.000000404. The van der Waals surface area contributed by atoms with Gasteiger partial charge in [-0.05, 0) is 179 Å². The Morgan fingerprint density at radius 3 is 1.10 bits per heavy atom. The Kier molecular flexibility index (Phi) is 37.4. The third-order valence-corrected chi connectivity index (χ3v) is 15.9. The van der Waals surface area contributed by atoms with Gasteiger partial charge in [0, 0.05) is 35.5 Å². The minimum absolute atomic E-state index is 0.684. The molecule has 378 valence electrons. The van der Waals surface area contributed by atoms with Crippen LogP contribution in [0.2, 0.25) is 0 Å². The molecular weight excluding hydrogens is 805 g/mol. The van der Waals surface area contributed by atoms with E-state index >= 15 is 0 Å². The van der Waals surface area contributed by atoms with Crippen LogP contribution in [-0.2, 0) is 0 Å². The summed E-state index contributed by atoms with van der Waals surface area (Å²) in [5.41, 5.74) is 0. The molecule has 0 amide bonds. The third-order valence-electron chi connectivity index (χ3n) is 15.9. The molecule has 67 heavy (non-hydrogen) atoms. The summed E-state index contributed by atoms with van der Waals surface area (Å²) in [7, 11) is 0. The summed E-state index contributed by atoms with van der Waals surface area (Å²) >= 11 is 0. The first kappa shape index (κ1) is 62.4. The first-order chi connectivity index (χ1) is 32.3. The molecule has 0 heterocycles. The van der Waals surface area contributed by atoms with Crippen molar-refractivity contribution in [2.24, 2.45) is 82.9 Å². The standard InChI is InChI=1S/C14H24.C12H20.2C11H18.C10H16.C9H14/c1-4-6-8-13-10-9-12(3)11-14(13)7-5-2;1-3-7-12-9-6-4-5-8-11(2)10-12;1-4-5-11-8-9(2)6-7-10(11)3;1-3-6-11-8-5-4-7-10(2)9-11;1-3-5-10-7-4-6-9(2)8-10;1-3-4-9-6-5-8(2)7-9/h12-14H,4,6,8-11H2,1-3H3;11-12H,4-6,8-10H2,1-2H3;9-11H,6-8H2,1-3H3;10-11H,4-5,7-9H2,1-2H3;9-10H,4,6-8H2,1-2H3;8-9H,5-7H2,1-2H3. The van der Waals surface area contributed by atoms with Crippen LogP contribution in [0.1, 0.15) is 270 Å². The molecule has 0 aromatic rings. The smallest absolute Gasteiger partial charge is 0.0233 e. The zero-order valence-electron chi connectivity index (χ0n) is 47.2. The number of unbranched alkanes of at least 4 members (excludes halogenated alkanes) is 1. The van der Waals surface area contributed by atoms with E-state index in [9.17, 15) is 0 Å². The van der Waals surface area contributed by atoms with Gasteiger partial charge in [0.2, 0.25) is 0 Å². The molecule has 0 aromatic carbocycles. The summed E-state index contributed by atoms with van der Waals surface area (Å²) in [5.74, 6) is 49.5. The highest BCUT2D eigenvalue weighted by molar-refractivity contribution is 5.07. The average molecular weight is 916 g/mol. The minimum Gasteiger partial charge on any atom is -0.106 e. The SMILES string of the molecule is CC#CC1CC(C)CCC1C.CC#CC1CC(C)CCC1CCCC.CC#CC1CCC(C)C1.CC#CC1CCCC(C)C1.CC#CC1CCCCC(C)C1.CC#CC1CCCCCC(C)C1. The first-order valence-electron chi connectivity index (χ1n) is 28.9. The van der Waals surface area contributed by atoms with Crippen LogP contribution in [0, 0.1) is 154 Å². The zero-order valence-corrected chi connectivity index (χ0v) is 47.2. The van der Waals surface area contributed by atoms with Crippen LogP contribution in [0.5, 0.6) is 0 Å². The molecule has 0 heteroatoms. The second kappa shape index (κ2) is 40.1. The van der Waals surface area contributed by atoms with Crippen molar-refractivity contribution >= 4 is 0 Å². The largest absolute Gasteiger partial charge is 0.106 e. The van der Waals surface area contributed by atoms with E-state index in [2.05, 4.69) is 126 Å². The molecule has 0 nitrogen and oxygen atoms in total. The molecule has 0 radical (unpaired) electrons. The molecule has 14 atom stereocenters. The Hall–Kier alpha value is -2.64. The van der Waals surface area contributed by atoms with Gasteiger partial charge in [0.05, 0.1) is 0 Å². The van der Waals surface area contributed by atoms with Crippen LogP contribution >= 0.6 is 0 Å². The topological polar surface area (TPSA) is 0 Å². The van der Waals surface area contributed by atoms with Crippen molar-refractivity contribution < 1.29 is 0 Å². The maximum Gasteiger partial charge on any atom is 0.0233 e. The molecule has 0 aromatic heterocycles. The van der Waals surface area contributed by atoms with Gasteiger partial charge in [-0.2, -0.15) is 0 Å². The fraction of sp³-hybridized carbons (Fsp3) is 0.821. The number of hydrogen-bond donors (Lipinski definition) is 0. The van der Waals surface area contributed by atoms with Crippen molar-refractivity contribution in [3.63, 3.8) is 0 Å². The van der Waals surface area contributed by atoms with E-state index in [0.717, 1.165) is 53.3 Å². The van der Waals surface area contributed by atoms with Crippen LogP contribution in [0.25, 0.3) is 0 Å². The summed E-state index contributed by atoms with van der Waals surface area (Å²) in [4.78, 5) is 0. The van der Waals surface area contributed by atoms with E-state index in [0.29, 0.717) is 29.6 Å². The Morgan fingerprint density at radius 1 is 0.313 bits per heavy atom. The van der Waals surface area contributed by atoms with Gasteiger partial charge >= 0.3 is 0 Å². The van der Waals surface area contributed by atoms with E-state index < -0.39 is 0 Å². The van der Waals surface area contributed by atoms with E-state index in [4.69, 9.17) is 0 Å². The molecule has 0 bridgehead atoms. The van der Waals surface area contributed by atoms with E-state index in [1.54, 1.807) is 0 Å². The van der Waals surface area contributed by atoms with Crippen molar-refractivity contribution in [3.05, 3.63) is 0 Å². The van der Waals surface area contributed by atoms with Crippen molar-refractivity contribution in [3.8, 4) is 71.0 Å². The summed E-state index contributed by atoms with van der Waals surface area (Å²) < 4.78 is 0. The Labute approximate surface area is 422 Å². The second-order valence-electron chi connectivity index (χ2n) is 22.9. The van der Waals surface area contributed by atoms with Crippen LogP contribution in [-0.4, -0.2) is 0 Å². The number of rotatable bonds is 3. The highest BCUT2D eigenvalue weighted by Crippen LogP contribution is 2.37. The lowest BCUT2D eigenvalue weighted by Crippen LogP contribution is -2.22. The summed E-state index contributed by atoms with van der Waals surface area (Å²) in [5, 5.41) is 0. The monoisotopic (exact) mass is 915 g/mol. The average Bonchev–Trinajstić information content (AvgIpc) is 3.59. The highest BCUT2D eigenvalue weighted by atomic mass is 14.3. The molecule has 6 fully saturated rings. The van der Waals surface area contributed by atoms with Gasteiger partial charge < -0.3 is 0 Å². The maximum absolute atomic E-state index is 3.42.